The number of aromatic nitrogens is 3. The standard InChI is InChI=1S/C18H29N7O2/c1-3-19-18(21-13-14(2)25-8-11-26-12-9-25)20-7-6-16-22-17(24-23-16)15-5-4-10-27-15/h4-5,10,14H,3,6-9,11-13H2,1-2H3,(H2,19,20,21)(H,22,23,24). The van der Waals surface area contributed by atoms with Gasteiger partial charge in [-0.05, 0) is 26.0 Å². The van der Waals surface area contributed by atoms with Gasteiger partial charge in [0.25, 0.3) is 0 Å². The molecule has 3 rings (SSSR count). The predicted octanol–water partition coefficient (Wildman–Crippen LogP) is 0.883. The zero-order valence-corrected chi connectivity index (χ0v) is 16.1. The molecule has 9 heteroatoms. The van der Waals surface area contributed by atoms with Crippen LogP contribution in [0.25, 0.3) is 11.6 Å². The molecule has 27 heavy (non-hydrogen) atoms. The summed E-state index contributed by atoms with van der Waals surface area (Å²) in [5, 5.41) is 13.8. The smallest absolute Gasteiger partial charge is 0.216 e. The molecule has 1 unspecified atom stereocenters. The maximum atomic E-state index is 5.41. The van der Waals surface area contributed by atoms with Crippen molar-refractivity contribution < 1.29 is 9.15 Å². The molecule has 0 aliphatic carbocycles. The maximum absolute atomic E-state index is 5.41. The lowest BCUT2D eigenvalue weighted by atomic mass is 10.2. The fraction of sp³-hybridized carbons (Fsp3) is 0.611. The molecule has 1 atom stereocenters. The Balaban J connectivity index is 1.46. The lowest BCUT2D eigenvalue weighted by Crippen LogP contribution is -2.44. The van der Waals surface area contributed by atoms with Crippen molar-refractivity contribution in [1.29, 1.82) is 0 Å². The first-order chi connectivity index (χ1) is 13.3. The minimum absolute atomic E-state index is 0.398. The van der Waals surface area contributed by atoms with Gasteiger partial charge in [0.2, 0.25) is 5.82 Å². The van der Waals surface area contributed by atoms with Crippen molar-refractivity contribution in [3.8, 4) is 11.6 Å². The highest BCUT2D eigenvalue weighted by Crippen LogP contribution is 2.14. The number of nitrogens with zero attached hydrogens (tertiary/aromatic N) is 4. The summed E-state index contributed by atoms with van der Waals surface area (Å²) in [5.74, 6) is 2.88. The fourth-order valence-electron chi connectivity index (χ4n) is 2.92. The van der Waals surface area contributed by atoms with Gasteiger partial charge >= 0.3 is 0 Å². The number of aromatic amines is 1. The normalized spacial score (nSPS) is 17.0. The Morgan fingerprint density at radius 2 is 2.22 bits per heavy atom. The van der Waals surface area contributed by atoms with Crippen LogP contribution < -0.4 is 10.6 Å². The summed E-state index contributed by atoms with van der Waals surface area (Å²) >= 11 is 0. The van der Waals surface area contributed by atoms with Gasteiger partial charge in [0.05, 0.1) is 26.0 Å². The first-order valence-corrected chi connectivity index (χ1v) is 9.55. The quantitative estimate of drug-likeness (QED) is 0.465. The van der Waals surface area contributed by atoms with E-state index in [-0.39, 0.29) is 0 Å². The molecular weight excluding hydrogens is 346 g/mol. The van der Waals surface area contributed by atoms with Crippen LogP contribution in [0.5, 0.6) is 0 Å². The van der Waals surface area contributed by atoms with Gasteiger partial charge in [-0.15, -0.1) is 0 Å². The molecule has 0 aromatic carbocycles. The Labute approximate surface area is 159 Å². The largest absolute Gasteiger partial charge is 0.461 e. The molecule has 1 saturated heterocycles. The molecule has 0 amide bonds. The van der Waals surface area contributed by atoms with Crippen LogP contribution in [0.2, 0.25) is 0 Å². The second-order valence-electron chi connectivity index (χ2n) is 6.48. The highest BCUT2D eigenvalue weighted by molar-refractivity contribution is 5.79. The van der Waals surface area contributed by atoms with Crippen LogP contribution in [-0.2, 0) is 11.2 Å². The van der Waals surface area contributed by atoms with E-state index in [0.29, 0.717) is 24.2 Å². The molecule has 2 aromatic heterocycles. The number of ether oxygens (including phenoxy) is 1. The monoisotopic (exact) mass is 375 g/mol. The maximum Gasteiger partial charge on any atom is 0.216 e. The molecule has 9 nitrogen and oxygen atoms in total. The van der Waals surface area contributed by atoms with Gasteiger partial charge in [-0.3, -0.25) is 15.0 Å². The number of H-pyrrole nitrogens is 1. The van der Waals surface area contributed by atoms with E-state index in [2.05, 4.69) is 44.6 Å². The van der Waals surface area contributed by atoms with Gasteiger partial charge < -0.3 is 19.8 Å². The molecule has 2 aromatic rings. The lowest BCUT2D eigenvalue weighted by Gasteiger charge is -2.31. The number of hydrogen-bond acceptors (Lipinski definition) is 6. The van der Waals surface area contributed by atoms with Crippen molar-refractivity contribution in [3.63, 3.8) is 0 Å². The Morgan fingerprint density at radius 3 is 2.96 bits per heavy atom. The van der Waals surface area contributed by atoms with E-state index in [1.165, 1.54) is 0 Å². The van der Waals surface area contributed by atoms with E-state index in [0.717, 1.165) is 57.6 Å². The highest BCUT2D eigenvalue weighted by atomic mass is 16.5. The molecule has 1 aliphatic heterocycles. The summed E-state index contributed by atoms with van der Waals surface area (Å²) in [7, 11) is 0. The predicted molar refractivity (Wildman–Crippen MR) is 104 cm³/mol. The van der Waals surface area contributed by atoms with Crippen molar-refractivity contribution in [2.75, 3.05) is 45.9 Å². The summed E-state index contributed by atoms with van der Waals surface area (Å²) in [6, 6.07) is 4.07. The van der Waals surface area contributed by atoms with Crippen LogP contribution >= 0.6 is 0 Å². The molecule has 1 aliphatic rings. The minimum Gasteiger partial charge on any atom is -0.461 e. The van der Waals surface area contributed by atoms with Crippen LogP contribution in [0.3, 0.4) is 0 Å². The average molecular weight is 375 g/mol. The summed E-state index contributed by atoms with van der Waals surface area (Å²) in [6.07, 6.45) is 2.33. The summed E-state index contributed by atoms with van der Waals surface area (Å²) in [6.45, 7) is 10.1. The van der Waals surface area contributed by atoms with Crippen molar-refractivity contribution in [2.24, 2.45) is 4.99 Å². The minimum atomic E-state index is 0.398. The van der Waals surface area contributed by atoms with E-state index in [1.807, 2.05) is 12.1 Å². The van der Waals surface area contributed by atoms with E-state index in [9.17, 15) is 0 Å². The third-order valence-electron chi connectivity index (χ3n) is 4.45. The van der Waals surface area contributed by atoms with Crippen LogP contribution in [0, 0.1) is 0 Å². The topological polar surface area (TPSA) is 104 Å². The molecule has 148 valence electrons. The van der Waals surface area contributed by atoms with Gasteiger partial charge in [0.15, 0.2) is 11.7 Å². The molecule has 3 heterocycles. The molecular formula is C18H29N7O2. The molecule has 3 N–H and O–H groups in total. The van der Waals surface area contributed by atoms with Gasteiger partial charge in [-0.1, -0.05) is 0 Å². The number of hydrogen-bond donors (Lipinski definition) is 3. The Bertz CT molecular complexity index is 692. The zero-order valence-electron chi connectivity index (χ0n) is 16.1. The van der Waals surface area contributed by atoms with Crippen molar-refractivity contribution in [1.82, 2.24) is 30.7 Å². The lowest BCUT2D eigenvalue weighted by molar-refractivity contribution is 0.0220. The van der Waals surface area contributed by atoms with Gasteiger partial charge in [-0.2, -0.15) is 5.10 Å². The Hall–Kier alpha value is -2.39. The van der Waals surface area contributed by atoms with E-state index < -0.39 is 0 Å². The third-order valence-corrected chi connectivity index (χ3v) is 4.45. The van der Waals surface area contributed by atoms with Gasteiger partial charge in [-0.25, -0.2) is 4.98 Å². The molecule has 0 radical (unpaired) electrons. The third kappa shape index (κ3) is 5.80. The number of guanidine groups is 1. The van der Waals surface area contributed by atoms with Crippen molar-refractivity contribution in [2.45, 2.75) is 26.3 Å². The van der Waals surface area contributed by atoms with Crippen LogP contribution in [0.15, 0.2) is 27.8 Å². The summed E-state index contributed by atoms with van der Waals surface area (Å²) < 4.78 is 10.7. The Morgan fingerprint density at radius 1 is 1.37 bits per heavy atom. The Kier molecular flexibility index (Phi) is 7.23. The van der Waals surface area contributed by atoms with E-state index in [4.69, 9.17) is 14.1 Å². The first kappa shape index (κ1) is 19.4. The van der Waals surface area contributed by atoms with E-state index in [1.54, 1.807) is 6.26 Å². The number of morpholine rings is 1. The molecule has 0 saturated carbocycles. The average Bonchev–Trinajstić information content (AvgIpc) is 3.38. The van der Waals surface area contributed by atoms with Crippen molar-refractivity contribution >= 4 is 5.96 Å². The molecule has 0 bridgehead atoms. The summed E-state index contributed by atoms with van der Waals surface area (Å²) in [5.41, 5.74) is 0. The SMILES string of the molecule is CCNC(=NCC(C)N1CCOCC1)NCCc1nc(-c2ccco2)n[nH]1. The molecule has 0 spiro atoms. The van der Waals surface area contributed by atoms with Crippen molar-refractivity contribution in [3.05, 3.63) is 24.2 Å². The number of furan rings is 1. The van der Waals surface area contributed by atoms with E-state index >= 15 is 0 Å². The number of aliphatic imine (C=N–C) groups is 1. The second-order valence-corrected chi connectivity index (χ2v) is 6.48. The highest BCUT2D eigenvalue weighted by Gasteiger charge is 2.16. The zero-order chi connectivity index (χ0) is 18.9. The number of nitrogens with one attached hydrogen (secondary N) is 3. The van der Waals surface area contributed by atoms with Crippen LogP contribution in [0.4, 0.5) is 0 Å². The van der Waals surface area contributed by atoms with Crippen LogP contribution in [0.1, 0.15) is 19.7 Å². The summed E-state index contributed by atoms with van der Waals surface area (Å²) in [4.78, 5) is 11.6. The fourth-order valence-corrected chi connectivity index (χ4v) is 2.92. The first-order valence-electron chi connectivity index (χ1n) is 9.55. The number of rotatable bonds is 8. The molecule has 1 fully saturated rings. The van der Waals surface area contributed by atoms with Gasteiger partial charge in [0, 0.05) is 38.6 Å². The second kappa shape index (κ2) is 10.1. The van der Waals surface area contributed by atoms with Crippen LogP contribution in [-0.4, -0.2) is 78.0 Å². The van der Waals surface area contributed by atoms with Gasteiger partial charge in [0.1, 0.15) is 5.82 Å².